The summed E-state index contributed by atoms with van der Waals surface area (Å²) in [7, 11) is 2.15. The highest BCUT2D eigenvalue weighted by atomic mass is 16.5. The van der Waals surface area contributed by atoms with Crippen LogP contribution in [0.4, 0.5) is 0 Å². The smallest absolute Gasteiger partial charge is 0.233 e. The maximum absolute atomic E-state index is 5.88. The van der Waals surface area contributed by atoms with Gasteiger partial charge in [-0.3, -0.25) is 0 Å². The summed E-state index contributed by atoms with van der Waals surface area (Å²) in [4.78, 5) is 2.33. The van der Waals surface area contributed by atoms with Crippen molar-refractivity contribution in [3.05, 3.63) is 17.8 Å². The molecular weight excluding hydrogens is 252 g/mol. The number of rotatable bonds is 4. The molecule has 1 aliphatic rings. The Morgan fingerprint density at radius 2 is 1.95 bits per heavy atom. The highest BCUT2D eigenvalue weighted by Crippen LogP contribution is 2.16. The molecule has 0 radical (unpaired) electrons. The maximum atomic E-state index is 5.88. The molecular formula is C15H26N4O. The average molecular weight is 278 g/mol. The number of hydrogen-bond acceptors (Lipinski definition) is 5. The number of nitrogens with one attached hydrogen (secondary N) is 1. The van der Waals surface area contributed by atoms with Crippen molar-refractivity contribution in [2.45, 2.75) is 51.8 Å². The Kier molecular flexibility index (Phi) is 4.94. The first-order valence-electron chi connectivity index (χ1n) is 7.35. The van der Waals surface area contributed by atoms with Crippen molar-refractivity contribution in [1.82, 2.24) is 20.4 Å². The van der Waals surface area contributed by atoms with E-state index < -0.39 is 0 Å². The number of piperidine rings is 1. The van der Waals surface area contributed by atoms with E-state index in [-0.39, 0.29) is 11.6 Å². The molecule has 0 atom stereocenters. The van der Waals surface area contributed by atoms with Gasteiger partial charge >= 0.3 is 0 Å². The van der Waals surface area contributed by atoms with E-state index >= 15 is 0 Å². The van der Waals surface area contributed by atoms with Gasteiger partial charge < -0.3 is 15.0 Å². The van der Waals surface area contributed by atoms with Gasteiger partial charge in [-0.2, -0.15) is 5.10 Å². The van der Waals surface area contributed by atoms with E-state index in [2.05, 4.69) is 48.2 Å². The van der Waals surface area contributed by atoms with Crippen molar-refractivity contribution < 1.29 is 4.74 Å². The van der Waals surface area contributed by atoms with Crippen molar-refractivity contribution in [3.8, 4) is 5.88 Å². The summed E-state index contributed by atoms with van der Waals surface area (Å²) < 4.78 is 5.88. The molecule has 0 unspecified atom stereocenters. The van der Waals surface area contributed by atoms with Gasteiger partial charge in [-0.15, -0.1) is 5.10 Å². The van der Waals surface area contributed by atoms with E-state index in [4.69, 9.17) is 4.74 Å². The van der Waals surface area contributed by atoms with E-state index in [0.717, 1.165) is 38.2 Å². The SMILES string of the molecule is CN1CCC(Oc2ccc(CNC(C)(C)C)nn2)CC1. The molecule has 0 aliphatic carbocycles. The van der Waals surface area contributed by atoms with Crippen LogP contribution in [0.25, 0.3) is 0 Å². The fraction of sp³-hybridized carbons (Fsp3) is 0.733. The first-order chi connectivity index (χ1) is 9.42. The molecule has 1 aromatic rings. The lowest BCUT2D eigenvalue weighted by molar-refractivity contribution is 0.109. The first kappa shape index (κ1) is 15.2. The minimum atomic E-state index is 0.0883. The normalized spacial score (nSPS) is 18.2. The summed E-state index contributed by atoms with van der Waals surface area (Å²) in [6.07, 6.45) is 2.40. The minimum Gasteiger partial charge on any atom is -0.473 e. The lowest BCUT2D eigenvalue weighted by Crippen LogP contribution is -2.36. The van der Waals surface area contributed by atoms with Crippen LogP contribution in [0.1, 0.15) is 39.3 Å². The predicted octanol–water partition coefficient (Wildman–Crippen LogP) is 1.84. The largest absolute Gasteiger partial charge is 0.473 e. The molecule has 112 valence electrons. The summed E-state index contributed by atoms with van der Waals surface area (Å²) in [6.45, 7) is 9.32. The van der Waals surface area contributed by atoms with Crippen molar-refractivity contribution in [1.29, 1.82) is 0 Å². The molecule has 0 amide bonds. The average Bonchev–Trinajstić information content (AvgIpc) is 2.40. The standard InChI is InChI=1S/C15H26N4O/c1-15(2,3)16-11-12-5-6-14(18-17-12)20-13-7-9-19(4)10-8-13/h5-6,13,16H,7-11H2,1-4H3. The third-order valence-electron chi connectivity index (χ3n) is 3.45. The molecule has 1 saturated heterocycles. The molecule has 20 heavy (non-hydrogen) atoms. The van der Waals surface area contributed by atoms with Crippen LogP contribution in [0.5, 0.6) is 5.88 Å². The number of ether oxygens (including phenoxy) is 1. The molecule has 2 heterocycles. The highest BCUT2D eigenvalue weighted by molar-refractivity contribution is 5.12. The van der Waals surface area contributed by atoms with Crippen molar-refractivity contribution in [2.75, 3.05) is 20.1 Å². The van der Waals surface area contributed by atoms with Gasteiger partial charge in [0, 0.05) is 31.2 Å². The summed E-state index contributed by atoms with van der Waals surface area (Å²) in [5, 5.41) is 11.8. The Balaban J connectivity index is 1.82. The number of likely N-dealkylation sites (tertiary alicyclic amines) is 1. The molecule has 1 N–H and O–H groups in total. The van der Waals surface area contributed by atoms with Crippen molar-refractivity contribution >= 4 is 0 Å². The van der Waals surface area contributed by atoms with Crippen LogP contribution in [-0.4, -0.2) is 46.9 Å². The molecule has 0 aromatic carbocycles. The van der Waals surface area contributed by atoms with E-state index in [1.807, 2.05) is 12.1 Å². The summed E-state index contributed by atoms with van der Waals surface area (Å²) in [5.74, 6) is 0.638. The second kappa shape index (κ2) is 6.50. The zero-order valence-electron chi connectivity index (χ0n) is 13.0. The van der Waals surface area contributed by atoms with Crippen molar-refractivity contribution in [3.63, 3.8) is 0 Å². The fourth-order valence-corrected chi connectivity index (χ4v) is 2.13. The zero-order valence-corrected chi connectivity index (χ0v) is 13.0. The summed E-state index contributed by atoms with van der Waals surface area (Å²) in [6, 6.07) is 3.90. The molecule has 1 fully saturated rings. The molecule has 0 bridgehead atoms. The lowest BCUT2D eigenvalue weighted by atomic mass is 10.1. The quantitative estimate of drug-likeness (QED) is 0.910. The number of nitrogens with zero attached hydrogens (tertiary/aromatic N) is 3. The minimum absolute atomic E-state index is 0.0883. The van der Waals surface area contributed by atoms with Crippen LogP contribution in [-0.2, 0) is 6.54 Å². The van der Waals surface area contributed by atoms with Crippen LogP contribution in [0.2, 0.25) is 0 Å². The second-order valence-corrected chi connectivity index (χ2v) is 6.59. The topological polar surface area (TPSA) is 50.3 Å². The van der Waals surface area contributed by atoms with Gasteiger partial charge in [-0.25, -0.2) is 0 Å². The summed E-state index contributed by atoms with van der Waals surface area (Å²) >= 11 is 0. The fourth-order valence-electron chi connectivity index (χ4n) is 2.13. The van der Waals surface area contributed by atoms with Gasteiger partial charge in [-0.1, -0.05) is 0 Å². The van der Waals surface area contributed by atoms with Gasteiger partial charge in [0.05, 0.1) is 5.69 Å². The molecule has 0 saturated carbocycles. The lowest BCUT2D eigenvalue weighted by Gasteiger charge is -2.28. The Morgan fingerprint density at radius 1 is 1.25 bits per heavy atom. The van der Waals surface area contributed by atoms with Crippen LogP contribution in [0.15, 0.2) is 12.1 Å². The molecule has 1 aliphatic heterocycles. The molecule has 1 aromatic heterocycles. The van der Waals surface area contributed by atoms with Crippen LogP contribution in [0.3, 0.4) is 0 Å². The molecule has 5 heteroatoms. The monoisotopic (exact) mass is 278 g/mol. The van der Waals surface area contributed by atoms with Crippen LogP contribution < -0.4 is 10.1 Å². The first-order valence-corrected chi connectivity index (χ1v) is 7.35. The third kappa shape index (κ3) is 5.06. The van der Waals surface area contributed by atoms with Crippen molar-refractivity contribution in [2.24, 2.45) is 0 Å². The summed E-state index contributed by atoms with van der Waals surface area (Å²) in [5.41, 5.74) is 1.03. The molecule has 5 nitrogen and oxygen atoms in total. The number of hydrogen-bond donors (Lipinski definition) is 1. The molecule has 2 rings (SSSR count). The molecule has 0 spiro atoms. The van der Waals surface area contributed by atoms with Crippen LogP contribution in [0, 0.1) is 0 Å². The van der Waals surface area contributed by atoms with Gasteiger partial charge in [0.25, 0.3) is 0 Å². The van der Waals surface area contributed by atoms with E-state index in [0.29, 0.717) is 5.88 Å². The Morgan fingerprint density at radius 3 is 2.50 bits per heavy atom. The Bertz CT molecular complexity index is 405. The van der Waals surface area contributed by atoms with Gasteiger partial charge in [-0.05, 0) is 46.7 Å². The number of aromatic nitrogens is 2. The highest BCUT2D eigenvalue weighted by Gasteiger charge is 2.18. The van der Waals surface area contributed by atoms with E-state index in [1.54, 1.807) is 0 Å². The zero-order chi connectivity index (χ0) is 14.6. The van der Waals surface area contributed by atoms with Crippen LogP contribution >= 0.6 is 0 Å². The predicted molar refractivity (Wildman–Crippen MR) is 79.8 cm³/mol. The second-order valence-electron chi connectivity index (χ2n) is 6.59. The third-order valence-corrected chi connectivity index (χ3v) is 3.45. The van der Waals surface area contributed by atoms with Gasteiger partial charge in [0.15, 0.2) is 0 Å². The van der Waals surface area contributed by atoms with Gasteiger partial charge in [0.1, 0.15) is 6.10 Å². The maximum Gasteiger partial charge on any atom is 0.233 e. The van der Waals surface area contributed by atoms with Gasteiger partial charge in [0.2, 0.25) is 5.88 Å². The van der Waals surface area contributed by atoms with E-state index in [1.165, 1.54) is 0 Å². The van der Waals surface area contributed by atoms with E-state index in [9.17, 15) is 0 Å². The Labute approximate surface area is 121 Å². The Hall–Kier alpha value is -1.20.